The molecule has 0 aromatic rings. The molecule has 0 amide bonds. The van der Waals surface area contributed by atoms with Gasteiger partial charge in [-0.05, 0) is 0 Å². The average molecular weight is 233 g/mol. The zero-order valence-electron chi connectivity index (χ0n) is 6.53. The maximum atomic E-state index is 3.25. The molecule has 0 saturated carbocycles. The molecule has 0 N–H and O–H groups in total. The van der Waals surface area contributed by atoms with Gasteiger partial charge in [-0.15, -0.1) is 0 Å². The second-order valence-corrected chi connectivity index (χ2v) is 2.12. The Bertz CT molecular complexity index is 8.49. The normalized spacial score (nSPS) is 3.75. The molecule has 8 heavy (non-hydrogen) atoms. The smallest absolute Gasteiger partial charge is 0.346 e. The van der Waals surface area contributed by atoms with Gasteiger partial charge in [0.2, 0.25) is 0 Å². The van der Waals surface area contributed by atoms with Crippen LogP contribution >= 0.6 is 0 Å². The molecule has 48 valence electrons. The van der Waals surface area contributed by atoms with Crippen molar-refractivity contribution in [3.8, 4) is 0 Å². The summed E-state index contributed by atoms with van der Waals surface area (Å²) in [6.45, 7) is 10.0. The van der Waals surface area contributed by atoms with Crippen LogP contribution in [0.4, 0.5) is 0 Å². The molecule has 0 nitrogen and oxygen atoms in total. The summed E-state index contributed by atoms with van der Waals surface area (Å²) in [7, 11) is 0. The first-order chi connectivity index (χ1) is 3.41. The first-order valence-corrected chi connectivity index (χ1v) is 5.66. The largest absolute Gasteiger partial charge is 2.00 e. The van der Waals surface area contributed by atoms with E-state index in [1.807, 2.05) is 0 Å². The Labute approximate surface area is 73.7 Å². The summed E-state index contributed by atoms with van der Waals surface area (Å²) in [6.07, 6.45) is 0. The summed E-state index contributed by atoms with van der Waals surface area (Å²) in [5.41, 5.74) is 0. The van der Waals surface area contributed by atoms with Crippen LogP contribution in [-0.2, 0) is 19.5 Å². The van der Waals surface area contributed by atoms with E-state index < -0.39 is 0 Å². The third-order valence-corrected chi connectivity index (χ3v) is 0. The molecule has 0 aliphatic rings. The average Bonchev–Trinajstić information content (AvgIpc) is 1.78. The minimum absolute atomic E-state index is 0. The van der Waals surface area contributed by atoms with Crippen molar-refractivity contribution >= 4 is 15.0 Å². The second-order valence-electron chi connectivity index (χ2n) is 0.408. The zero-order chi connectivity index (χ0) is 6.71. The fourth-order valence-corrected chi connectivity index (χ4v) is 0. The van der Waals surface area contributed by atoms with Gasteiger partial charge in [0.25, 0.3) is 0 Å². The molecular weight excluding hydrogens is 216 g/mol. The summed E-state index contributed by atoms with van der Waals surface area (Å²) in [4.78, 5) is 0. The van der Waals surface area contributed by atoms with E-state index in [-0.39, 0.29) is 19.5 Å². The molecule has 0 fully saturated rings. The maximum absolute atomic E-state index is 3.25. The summed E-state index contributed by atoms with van der Waals surface area (Å²) >= 11 is 0.875. The van der Waals surface area contributed by atoms with Crippen LogP contribution in [0.2, 0.25) is 11.6 Å². The monoisotopic (exact) mass is 232 g/mol. The van der Waals surface area contributed by atoms with Crippen LogP contribution in [0, 0.1) is 13.8 Å². The van der Waals surface area contributed by atoms with E-state index >= 15 is 0 Å². The number of hydrogen-bond acceptors (Lipinski definition) is 0. The van der Waals surface area contributed by atoms with Crippen molar-refractivity contribution in [1.82, 2.24) is 0 Å². The van der Waals surface area contributed by atoms with E-state index in [1.54, 1.807) is 13.8 Å². The van der Waals surface area contributed by atoms with Crippen molar-refractivity contribution < 1.29 is 19.5 Å². The van der Waals surface area contributed by atoms with Gasteiger partial charge in [-0.3, -0.25) is 0 Å². The van der Waals surface area contributed by atoms with E-state index in [4.69, 9.17) is 0 Å². The number of rotatable bonds is 0. The van der Waals surface area contributed by atoms with Crippen LogP contribution in [0.1, 0.15) is 13.8 Å². The minimum Gasteiger partial charge on any atom is -0.346 e. The van der Waals surface area contributed by atoms with Crippen LogP contribution in [0.15, 0.2) is 0 Å². The SMILES string of the molecule is C[Se]C.[CH2-]C.[CH2-]C.[Zn+2]. The van der Waals surface area contributed by atoms with Gasteiger partial charge in [-0.25, -0.2) is 0 Å². The van der Waals surface area contributed by atoms with Crippen molar-refractivity contribution in [3.63, 3.8) is 0 Å². The Kier molecular flexibility index (Phi) is 259. The molecule has 0 bridgehead atoms. The van der Waals surface area contributed by atoms with Gasteiger partial charge in [0.1, 0.15) is 0 Å². The molecule has 0 rings (SSSR count). The molecule has 0 spiro atoms. The minimum atomic E-state index is 0. The predicted octanol–water partition coefficient (Wildman–Crippen LogP) is 2.47. The molecule has 0 unspecified atom stereocenters. The summed E-state index contributed by atoms with van der Waals surface area (Å²) < 4.78 is 0. The topological polar surface area (TPSA) is 0 Å². The fourth-order valence-electron chi connectivity index (χ4n) is 0. The molecule has 0 aliphatic carbocycles. The Balaban J connectivity index is -0.0000000147. The van der Waals surface area contributed by atoms with Crippen molar-refractivity contribution in [2.45, 2.75) is 25.5 Å². The van der Waals surface area contributed by atoms with Crippen molar-refractivity contribution in [1.29, 1.82) is 0 Å². The molecule has 0 atom stereocenters. The standard InChI is InChI=1S/C2H6Se.2C2H5.Zn/c1-3-2;2*1-2;/h1-2H3;2*1H2,2H3;/q;2*-1;+2. The Morgan fingerprint density at radius 2 is 0.875 bits per heavy atom. The van der Waals surface area contributed by atoms with Gasteiger partial charge >= 0.3 is 46.1 Å². The summed E-state index contributed by atoms with van der Waals surface area (Å²) in [5.74, 6) is 4.38. The summed E-state index contributed by atoms with van der Waals surface area (Å²) in [5, 5.41) is 0. The zero-order valence-corrected chi connectivity index (χ0v) is 11.2. The van der Waals surface area contributed by atoms with Crippen LogP contribution in [0.5, 0.6) is 0 Å². The maximum Gasteiger partial charge on any atom is 2.00 e. The molecule has 0 aliphatic heterocycles. The first-order valence-electron chi connectivity index (χ1n) is 2.23. The van der Waals surface area contributed by atoms with Crippen LogP contribution in [-0.4, -0.2) is 15.0 Å². The summed E-state index contributed by atoms with van der Waals surface area (Å²) in [6, 6.07) is 0. The second kappa shape index (κ2) is 90.5. The Hall–Kier alpha value is 1.14. The van der Waals surface area contributed by atoms with Crippen molar-refractivity contribution in [3.05, 3.63) is 13.8 Å². The molecule has 0 saturated heterocycles. The predicted molar refractivity (Wildman–Crippen MR) is 39.5 cm³/mol. The molecule has 0 aromatic carbocycles. The third kappa shape index (κ3) is 206. The quantitative estimate of drug-likeness (QED) is 0.445. The molecule has 2 heteroatoms. The fraction of sp³-hybridized carbons (Fsp3) is 0.667. The van der Waals surface area contributed by atoms with Gasteiger partial charge in [-0.2, -0.15) is 13.8 Å². The third-order valence-electron chi connectivity index (χ3n) is 0. The van der Waals surface area contributed by atoms with Gasteiger partial charge in [0.15, 0.2) is 0 Å². The van der Waals surface area contributed by atoms with E-state index in [1.165, 1.54) is 0 Å². The Morgan fingerprint density at radius 1 is 0.875 bits per heavy atom. The molecule has 0 heterocycles. The number of hydrogen-bond donors (Lipinski definition) is 0. The van der Waals surface area contributed by atoms with E-state index in [9.17, 15) is 0 Å². The van der Waals surface area contributed by atoms with E-state index in [2.05, 4.69) is 25.5 Å². The van der Waals surface area contributed by atoms with Gasteiger partial charge < -0.3 is 13.8 Å². The van der Waals surface area contributed by atoms with E-state index in [0.717, 1.165) is 15.0 Å². The Morgan fingerprint density at radius 3 is 0.875 bits per heavy atom. The van der Waals surface area contributed by atoms with Crippen LogP contribution in [0.3, 0.4) is 0 Å². The van der Waals surface area contributed by atoms with Crippen LogP contribution in [0.25, 0.3) is 0 Å². The van der Waals surface area contributed by atoms with Crippen molar-refractivity contribution in [2.24, 2.45) is 0 Å². The van der Waals surface area contributed by atoms with Crippen LogP contribution < -0.4 is 0 Å². The van der Waals surface area contributed by atoms with Crippen molar-refractivity contribution in [2.75, 3.05) is 0 Å². The van der Waals surface area contributed by atoms with Gasteiger partial charge in [-0.1, -0.05) is 0 Å². The first kappa shape index (κ1) is 22.9. The van der Waals surface area contributed by atoms with Gasteiger partial charge in [0, 0.05) is 0 Å². The molecular formula is C6H16SeZn. The molecule has 0 radical (unpaired) electrons. The molecule has 0 aromatic heterocycles. The van der Waals surface area contributed by atoms with E-state index in [0.29, 0.717) is 0 Å². The van der Waals surface area contributed by atoms with Gasteiger partial charge in [0.05, 0.1) is 0 Å².